The van der Waals surface area contributed by atoms with Crippen LogP contribution in [0.2, 0.25) is 0 Å². The molecule has 2 saturated heterocycles. The number of likely N-dealkylation sites (tertiary alicyclic amines) is 1. The molecule has 0 aliphatic carbocycles. The van der Waals surface area contributed by atoms with Crippen LogP contribution in [0.25, 0.3) is 0 Å². The van der Waals surface area contributed by atoms with Gasteiger partial charge in [0.25, 0.3) is 5.91 Å². The highest BCUT2D eigenvalue weighted by Gasteiger charge is 2.51. The lowest BCUT2D eigenvalue weighted by Gasteiger charge is -2.28. The van der Waals surface area contributed by atoms with Gasteiger partial charge in [-0.15, -0.1) is 0 Å². The summed E-state index contributed by atoms with van der Waals surface area (Å²) < 4.78 is 27.6. The summed E-state index contributed by atoms with van der Waals surface area (Å²) in [5.41, 5.74) is -2.01. The summed E-state index contributed by atoms with van der Waals surface area (Å²) in [6, 6.07) is 1.92. The molecule has 0 saturated carbocycles. The van der Waals surface area contributed by atoms with Gasteiger partial charge < -0.3 is 10.2 Å². The Morgan fingerprint density at radius 2 is 1.88 bits per heavy atom. The Morgan fingerprint density at radius 1 is 1.20 bits per heavy atom. The van der Waals surface area contributed by atoms with Gasteiger partial charge in [-0.2, -0.15) is 0 Å². The Hall–Kier alpha value is -2.51. The third-order valence-corrected chi connectivity index (χ3v) is 4.74. The van der Waals surface area contributed by atoms with E-state index in [0.717, 1.165) is 42.4 Å². The summed E-state index contributed by atoms with van der Waals surface area (Å²) in [5, 5.41) is 2.38. The fraction of sp³-hybridized carbons (Fsp3) is 0.471. The second kappa shape index (κ2) is 6.42. The lowest BCUT2D eigenvalue weighted by Crippen LogP contribution is -2.46. The maximum Gasteiger partial charge on any atom is 0.325 e. The van der Waals surface area contributed by atoms with Gasteiger partial charge in [0, 0.05) is 18.7 Å². The van der Waals surface area contributed by atoms with Crippen LogP contribution in [0.15, 0.2) is 18.2 Å². The van der Waals surface area contributed by atoms with E-state index in [2.05, 4.69) is 5.32 Å². The van der Waals surface area contributed by atoms with E-state index in [1.54, 1.807) is 4.90 Å². The van der Waals surface area contributed by atoms with Gasteiger partial charge in [0.1, 0.15) is 23.7 Å². The predicted molar refractivity (Wildman–Crippen MR) is 84.4 cm³/mol. The number of carbonyl (C=O) groups excluding carboxylic acids is 3. The summed E-state index contributed by atoms with van der Waals surface area (Å²) in [5.74, 6) is -2.62. The number of nitrogens with one attached hydrogen (secondary N) is 1. The van der Waals surface area contributed by atoms with Crippen LogP contribution in [0.3, 0.4) is 0 Å². The minimum Gasteiger partial charge on any atom is -0.341 e. The molecule has 2 aliphatic heterocycles. The molecule has 1 aromatic carbocycles. The first-order chi connectivity index (χ1) is 11.8. The maximum atomic E-state index is 14.1. The summed E-state index contributed by atoms with van der Waals surface area (Å²) >= 11 is 0. The molecule has 134 valence electrons. The van der Waals surface area contributed by atoms with E-state index in [1.165, 1.54) is 6.92 Å². The monoisotopic (exact) mass is 351 g/mol. The molecule has 1 aromatic rings. The Bertz CT molecular complexity index is 734. The smallest absolute Gasteiger partial charge is 0.325 e. The number of hydrogen-bond donors (Lipinski definition) is 1. The Kier molecular flexibility index (Phi) is 4.45. The van der Waals surface area contributed by atoms with Crippen molar-refractivity contribution in [3.63, 3.8) is 0 Å². The number of amides is 4. The fourth-order valence-corrected chi connectivity index (χ4v) is 3.28. The van der Waals surface area contributed by atoms with E-state index in [4.69, 9.17) is 0 Å². The molecule has 25 heavy (non-hydrogen) atoms. The van der Waals surface area contributed by atoms with Crippen molar-refractivity contribution in [3.8, 4) is 0 Å². The Morgan fingerprint density at radius 3 is 2.56 bits per heavy atom. The number of benzene rings is 1. The number of imide groups is 1. The van der Waals surface area contributed by atoms with Crippen LogP contribution in [0.1, 0.15) is 31.7 Å². The maximum absolute atomic E-state index is 14.1. The van der Waals surface area contributed by atoms with Crippen molar-refractivity contribution in [3.05, 3.63) is 35.4 Å². The SMILES string of the molecule is C[C@@]1(c2cc(F)ccc2F)NC(=O)N(CC(=O)N2CCCCC2)C1=O. The minimum absolute atomic E-state index is 0.265. The highest BCUT2D eigenvalue weighted by Crippen LogP contribution is 2.31. The van der Waals surface area contributed by atoms with Gasteiger partial charge in [-0.1, -0.05) is 0 Å². The summed E-state index contributed by atoms with van der Waals surface area (Å²) in [6.07, 6.45) is 2.82. The predicted octanol–water partition coefficient (Wildman–Crippen LogP) is 1.74. The van der Waals surface area contributed by atoms with E-state index in [9.17, 15) is 23.2 Å². The van der Waals surface area contributed by atoms with Crippen LogP contribution < -0.4 is 5.32 Å². The Balaban J connectivity index is 1.82. The van der Waals surface area contributed by atoms with Crippen molar-refractivity contribution in [2.24, 2.45) is 0 Å². The third-order valence-electron chi connectivity index (χ3n) is 4.74. The molecule has 2 fully saturated rings. The van der Waals surface area contributed by atoms with E-state index in [-0.39, 0.29) is 11.5 Å². The van der Waals surface area contributed by atoms with Crippen LogP contribution >= 0.6 is 0 Å². The summed E-state index contributed by atoms with van der Waals surface area (Å²) in [6.45, 7) is 2.09. The lowest BCUT2D eigenvalue weighted by atomic mass is 9.91. The topological polar surface area (TPSA) is 69.7 Å². The van der Waals surface area contributed by atoms with Gasteiger partial charge in [0.05, 0.1) is 0 Å². The second-order valence-electron chi connectivity index (χ2n) is 6.51. The number of hydrogen-bond acceptors (Lipinski definition) is 3. The lowest BCUT2D eigenvalue weighted by molar-refractivity contribution is -0.139. The van der Waals surface area contributed by atoms with Crippen molar-refractivity contribution in [1.82, 2.24) is 15.1 Å². The molecule has 3 rings (SSSR count). The molecule has 8 heteroatoms. The molecule has 2 aliphatic rings. The van der Waals surface area contributed by atoms with Crippen LogP contribution in [0, 0.1) is 11.6 Å². The molecule has 6 nitrogen and oxygen atoms in total. The molecular weight excluding hydrogens is 332 g/mol. The van der Waals surface area contributed by atoms with Crippen molar-refractivity contribution < 1.29 is 23.2 Å². The van der Waals surface area contributed by atoms with E-state index in [0.29, 0.717) is 13.1 Å². The zero-order valence-electron chi connectivity index (χ0n) is 13.8. The summed E-state index contributed by atoms with van der Waals surface area (Å²) in [4.78, 5) is 39.6. The summed E-state index contributed by atoms with van der Waals surface area (Å²) in [7, 11) is 0. The van der Waals surface area contributed by atoms with Gasteiger partial charge in [-0.3, -0.25) is 14.5 Å². The Labute approximate surface area is 143 Å². The average molecular weight is 351 g/mol. The molecular formula is C17H19F2N3O3. The van der Waals surface area contributed by atoms with Crippen molar-refractivity contribution >= 4 is 17.8 Å². The van der Waals surface area contributed by atoms with Crippen LogP contribution in [-0.2, 0) is 15.1 Å². The highest BCUT2D eigenvalue weighted by molar-refractivity contribution is 6.09. The molecule has 0 aromatic heterocycles. The largest absolute Gasteiger partial charge is 0.341 e. The van der Waals surface area contributed by atoms with Crippen LogP contribution in [0.5, 0.6) is 0 Å². The quantitative estimate of drug-likeness (QED) is 0.844. The normalized spacial score (nSPS) is 23.8. The number of carbonyl (C=O) groups is 3. The van der Waals surface area contributed by atoms with Crippen molar-refractivity contribution in [2.75, 3.05) is 19.6 Å². The molecule has 0 unspecified atom stereocenters. The van der Waals surface area contributed by atoms with E-state index < -0.39 is 35.7 Å². The molecule has 4 amide bonds. The van der Waals surface area contributed by atoms with Crippen LogP contribution in [0.4, 0.5) is 13.6 Å². The molecule has 0 bridgehead atoms. The molecule has 1 N–H and O–H groups in total. The number of urea groups is 1. The third kappa shape index (κ3) is 3.08. The molecule has 1 atom stereocenters. The molecule has 2 heterocycles. The van der Waals surface area contributed by atoms with Crippen LogP contribution in [-0.4, -0.2) is 47.3 Å². The van der Waals surface area contributed by atoms with E-state index in [1.807, 2.05) is 0 Å². The molecule has 0 spiro atoms. The van der Waals surface area contributed by atoms with Gasteiger partial charge in [-0.25, -0.2) is 13.6 Å². The number of rotatable bonds is 3. The van der Waals surface area contributed by atoms with Crippen molar-refractivity contribution in [2.45, 2.75) is 31.7 Å². The zero-order chi connectivity index (χ0) is 18.2. The van der Waals surface area contributed by atoms with E-state index >= 15 is 0 Å². The first-order valence-corrected chi connectivity index (χ1v) is 8.20. The zero-order valence-corrected chi connectivity index (χ0v) is 13.8. The van der Waals surface area contributed by atoms with Gasteiger partial charge >= 0.3 is 6.03 Å². The standard InChI is InChI=1S/C17H19F2N3O3/c1-17(12-9-11(18)5-6-13(12)19)15(24)22(16(25)20-17)10-14(23)21-7-3-2-4-8-21/h5-6,9H,2-4,7-8,10H2,1H3,(H,20,25)/t17-/m0/s1. The fourth-order valence-electron chi connectivity index (χ4n) is 3.28. The first-order valence-electron chi connectivity index (χ1n) is 8.20. The van der Waals surface area contributed by atoms with Gasteiger partial charge in [0.2, 0.25) is 5.91 Å². The molecule has 0 radical (unpaired) electrons. The van der Waals surface area contributed by atoms with Gasteiger partial charge in [0.15, 0.2) is 0 Å². The number of piperidine rings is 1. The first kappa shape index (κ1) is 17.3. The highest BCUT2D eigenvalue weighted by atomic mass is 19.1. The second-order valence-corrected chi connectivity index (χ2v) is 6.51. The minimum atomic E-state index is -1.74. The number of halogens is 2. The average Bonchev–Trinajstić information content (AvgIpc) is 2.81. The number of nitrogens with zero attached hydrogens (tertiary/aromatic N) is 2. The van der Waals surface area contributed by atoms with Gasteiger partial charge in [-0.05, 0) is 44.4 Å². The van der Waals surface area contributed by atoms with Crippen molar-refractivity contribution in [1.29, 1.82) is 0 Å².